The summed E-state index contributed by atoms with van der Waals surface area (Å²) < 4.78 is 10.0. The van der Waals surface area contributed by atoms with Crippen molar-refractivity contribution < 1.29 is 23.9 Å². The quantitative estimate of drug-likeness (QED) is 0.337. The van der Waals surface area contributed by atoms with Crippen LogP contribution in [0.15, 0.2) is 40.8 Å². The molecule has 15 heteroatoms. The van der Waals surface area contributed by atoms with Gasteiger partial charge >= 0.3 is 6.09 Å². The number of pyridine rings is 1. The maximum absolute atomic E-state index is 13.3. The van der Waals surface area contributed by atoms with Crippen molar-refractivity contribution in [3.63, 3.8) is 0 Å². The van der Waals surface area contributed by atoms with Gasteiger partial charge in [0.2, 0.25) is 5.96 Å². The normalized spacial score (nSPS) is 12.5. The van der Waals surface area contributed by atoms with E-state index in [1.54, 1.807) is 11.4 Å². The van der Waals surface area contributed by atoms with Gasteiger partial charge in [-0.05, 0) is 23.6 Å². The highest BCUT2D eigenvalue weighted by Gasteiger charge is 2.26. The molecule has 3 N–H and O–H groups in total. The lowest BCUT2D eigenvalue weighted by molar-refractivity contribution is 0.102. The van der Waals surface area contributed by atoms with Gasteiger partial charge in [-0.1, -0.05) is 34.8 Å². The standard InChI is InChI=1S/C24H21Cl3N6O5S/c1-37-16-8-14(26)7-15(21(34)30-17-4-3-13(25)9-29-17)19(16)31-22(35)20-18(27)12(11-39-20)10-33-6-5-28-23(33)32-24(36)38-2/h3-4,7-9,11H,5-6,10H2,1-2H3,(H,31,35)(H,28,32,36)(H,29,30,34). The van der Waals surface area contributed by atoms with E-state index in [4.69, 9.17) is 39.5 Å². The van der Waals surface area contributed by atoms with Crippen LogP contribution < -0.4 is 20.7 Å². The summed E-state index contributed by atoms with van der Waals surface area (Å²) in [7, 11) is 2.65. The number of carbonyl (C=O) groups is 3. The van der Waals surface area contributed by atoms with Crippen molar-refractivity contribution in [1.82, 2.24) is 15.2 Å². The van der Waals surface area contributed by atoms with Gasteiger partial charge in [0.15, 0.2) is 0 Å². The van der Waals surface area contributed by atoms with Crippen molar-refractivity contribution in [1.29, 1.82) is 0 Å². The van der Waals surface area contributed by atoms with Crippen LogP contribution in [-0.2, 0) is 11.3 Å². The highest BCUT2D eigenvalue weighted by molar-refractivity contribution is 7.13. The third kappa shape index (κ3) is 6.71. The lowest BCUT2D eigenvalue weighted by Crippen LogP contribution is -2.41. The number of alkyl carbamates (subject to hydrolysis) is 1. The molecule has 3 amide bonds. The molecule has 204 valence electrons. The third-order valence-corrected chi connectivity index (χ3v) is 7.45. The number of amides is 3. The number of guanidine groups is 1. The molecule has 11 nitrogen and oxygen atoms in total. The number of halogens is 3. The third-order valence-electron chi connectivity index (χ3n) is 5.44. The zero-order chi connectivity index (χ0) is 28.1. The number of carbonyl (C=O) groups excluding carboxylic acids is 3. The summed E-state index contributed by atoms with van der Waals surface area (Å²) in [5.74, 6) is -0.369. The van der Waals surface area contributed by atoms with Crippen molar-refractivity contribution in [2.75, 3.05) is 37.9 Å². The Balaban J connectivity index is 1.55. The number of anilines is 2. The predicted octanol–water partition coefficient (Wildman–Crippen LogP) is 5.14. The molecule has 0 aliphatic carbocycles. The number of rotatable bonds is 7. The first-order valence-corrected chi connectivity index (χ1v) is 13.2. The van der Waals surface area contributed by atoms with E-state index >= 15 is 0 Å². The number of aliphatic imine (C=N–C) groups is 1. The van der Waals surface area contributed by atoms with Gasteiger partial charge in [0, 0.05) is 35.9 Å². The molecule has 1 aromatic carbocycles. The topological polar surface area (TPSA) is 134 Å². The Labute approximate surface area is 242 Å². The van der Waals surface area contributed by atoms with Crippen LogP contribution in [0.1, 0.15) is 25.6 Å². The minimum Gasteiger partial charge on any atom is -0.494 e. The summed E-state index contributed by atoms with van der Waals surface area (Å²) in [6, 6.07) is 5.97. The second kappa shape index (κ2) is 12.5. The summed E-state index contributed by atoms with van der Waals surface area (Å²) in [5.41, 5.74) is 0.799. The van der Waals surface area contributed by atoms with Gasteiger partial charge in [0.1, 0.15) is 16.4 Å². The lowest BCUT2D eigenvalue weighted by atomic mass is 10.1. The Morgan fingerprint density at radius 2 is 1.85 bits per heavy atom. The van der Waals surface area contributed by atoms with E-state index in [9.17, 15) is 14.4 Å². The predicted molar refractivity (Wildman–Crippen MR) is 151 cm³/mol. The summed E-state index contributed by atoms with van der Waals surface area (Å²) in [4.78, 5) is 48.4. The van der Waals surface area contributed by atoms with Crippen molar-refractivity contribution in [2.45, 2.75) is 6.54 Å². The lowest BCUT2D eigenvalue weighted by Gasteiger charge is -2.19. The van der Waals surface area contributed by atoms with Crippen LogP contribution in [0.5, 0.6) is 5.75 Å². The van der Waals surface area contributed by atoms with Crippen LogP contribution in [0.3, 0.4) is 0 Å². The number of benzene rings is 1. The molecule has 1 aliphatic heterocycles. The molecule has 0 unspecified atom stereocenters. The van der Waals surface area contributed by atoms with Crippen molar-refractivity contribution in [3.05, 3.63) is 66.9 Å². The van der Waals surface area contributed by atoms with Crippen LogP contribution in [0.4, 0.5) is 16.3 Å². The van der Waals surface area contributed by atoms with Crippen LogP contribution in [-0.4, -0.2) is 61.1 Å². The fraction of sp³-hybridized carbons (Fsp3) is 0.208. The van der Waals surface area contributed by atoms with Crippen LogP contribution in [0.25, 0.3) is 0 Å². The maximum Gasteiger partial charge on any atom is 0.413 e. The Morgan fingerprint density at radius 3 is 2.54 bits per heavy atom. The van der Waals surface area contributed by atoms with E-state index < -0.39 is 17.9 Å². The molecule has 0 saturated heterocycles. The van der Waals surface area contributed by atoms with Crippen molar-refractivity contribution >= 4 is 81.5 Å². The van der Waals surface area contributed by atoms with Crippen molar-refractivity contribution in [3.8, 4) is 5.75 Å². The molecule has 39 heavy (non-hydrogen) atoms. The Hall–Kier alpha value is -3.58. The van der Waals surface area contributed by atoms with Gasteiger partial charge < -0.3 is 25.0 Å². The van der Waals surface area contributed by atoms with E-state index in [1.165, 1.54) is 38.6 Å². The molecule has 1 aliphatic rings. The van der Waals surface area contributed by atoms with Gasteiger partial charge in [-0.15, -0.1) is 11.3 Å². The fourth-order valence-electron chi connectivity index (χ4n) is 3.60. The molecule has 0 atom stereocenters. The van der Waals surface area contributed by atoms with Gasteiger partial charge in [0.05, 0.1) is 42.1 Å². The first-order valence-electron chi connectivity index (χ1n) is 11.2. The minimum absolute atomic E-state index is 0.0455. The van der Waals surface area contributed by atoms with Gasteiger partial charge in [-0.25, -0.2) is 9.78 Å². The number of hydrogen-bond acceptors (Lipinski definition) is 9. The van der Waals surface area contributed by atoms with Crippen LogP contribution >= 0.6 is 46.1 Å². The summed E-state index contributed by atoms with van der Waals surface area (Å²) >= 11 is 19.8. The van der Waals surface area contributed by atoms with E-state index in [-0.39, 0.29) is 37.7 Å². The maximum atomic E-state index is 13.3. The van der Waals surface area contributed by atoms with E-state index in [1.807, 2.05) is 4.90 Å². The molecule has 0 spiro atoms. The van der Waals surface area contributed by atoms with E-state index in [0.29, 0.717) is 36.2 Å². The number of methoxy groups -OCH3 is 2. The number of hydrogen-bond donors (Lipinski definition) is 3. The molecule has 0 fully saturated rings. The summed E-state index contributed by atoms with van der Waals surface area (Å²) in [5, 5.41) is 10.5. The smallest absolute Gasteiger partial charge is 0.413 e. The molecule has 4 rings (SSSR count). The second-order valence-corrected chi connectivity index (χ2v) is 10.1. The first-order chi connectivity index (χ1) is 18.7. The van der Waals surface area contributed by atoms with Crippen molar-refractivity contribution in [2.24, 2.45) is 4.99 Å². The minimum atomic E-state index is -0.638. The SMILES string of the molecule is COC(=O)NC1=NCCN1Cc1csc(C(=O)Nc2c(OC)cc(Cl)cc2C(=O)Nc2ccc(Cl)cn2)c1Cl. The molecule has 0 saturated carbocycles. The van der Waals surface area contributed by atoms with Gasteiger partial charge in [-0.2, -0.15) is 0 Å². The highest BCUT2D eigenvalue weighted by atomic mass is 35.5. The van der Waals surface area contributed by atoms with E-state index in [2.05, 4.69) is 30.7 Å². The Kier molecular flexibility index (Phi) is 9.12. The number of nitrogens with zero attached hydrogens (tertiary/aromatic N) is 3. The summed E-state index contributed by atoms with van der Waals surface area (Å²) in [6.45, 7) is 1.34. The molecular weight excluding hydrogens is 591 g/mol. The molecule has 0 bridgehead atoms. The molecule has 0 radical (unpaired) electrons. The Morgan fingerprint density at radius 1 is 1.05 bits per heavy atom. The molecular formula is C24H21Cl3N6O5S. The van der Waals surface area contributed by atoms with Gasteiger partial charge in [-0.3, -0.25) is 19.9 Å². The average molecular weight is 612 g/mol. The first kappa shape index (κ1) is 28.4. The largest absolute Gasteiger partial charge is 0.494 e. The van der Waals surface area contributed by atoms with E-state index in [0.717, 1.165) is 11.3 Å². The number of nitrogens with one attached hydrogen (secondary N) is 3. The summed E-state index contributed by atoms with van der Waals surface area (Å²) in [6.07, 6.45) is 0.748. The molecule has 3 aromatic rings. The Bertz CT molecular complexity index is 1450. The van der Waals surface area contributed by atoms with Crippen LogP contribution in [0.2, 0.25) is 15.1 Å². The average Bonchev–Trinajstić information content (AvgIpc) is 3.51. The van der Waals surface area contributed by atoms with Gasteiger partial charge in [0.25, 0.3) is 11.8 Å². The molecule has 3 heterocycles. The second-order valence-electron chi connectivity index (χ2n) is 7.95. The van der Waals surface area contributed by atoms with Crippen LogP contribution in [0, 0.1) is 0 Å². The highest BCUT2D eigenvalue weighted by Crippen LogP contribution is 2.35. The number of aromatic nitrogens is 1. The fourth-order valence-corrected chi connectivity index (χ4v) is 5.16. The zero-order valence-electron chi connectivity index (χ0n) is 20.5. The number of thiophene rings is 1. The number of ether oxygens (including phenoxy) is 2. The monoisotopic (exact) mass is 610 g/mol. The zero-order valence-corrected chi connectivity index (χ0v) is 23.6. The molecule has 2 aromatic heterocycles.